The van der Waals surface area contributed by atoms with Crippen LogP contribution in [-0.4, -0.2) is 11.7 Å². The largest absolute Gasteiger partial charge is 0.852 e. The second-order valence-corrected chi connectivity index (χ2v) is 6.19. The Morgan fingerprint density at radius 3 is 1.60 bits per heavy atom. The van der Waals surface area contributed by atoms with E-state index in [1.807, 2.05) is 51.1 Å². The molecule has 4 nitrogen and oxygen atoms in total. The Hall–Kier alpha value is -0.940. The second-order valence-electron chi connectivity index (χ2n) is 6.19. The van der Waals surface area contributed by atoms with Crippen molar-refractivity contribution in [2.24, 2.45) is 5.41 Å². The van der Waals surface area contributed by atoms with Crippen LogP contribution in [-0.2, 0) is 6.42 Å². The summed E-state index contributed by atoms with van der Waals surface area (Å²) in [5.74, 6) is 0. The molecule has 0 saturated heterocycles. The number of hydrogen-bond acceptors (Lipinski definition) is 2. The molecule has 120 valence electrons. The zero-order valence-electron chi connectivity index (χ0n) is 14.5. The molecule has 0 aromatic heterocycles. The summed E-state index contributed by atoms with van der Waals surface area (Å²) < 4.78 is 0. The highest BCUT2D eigenvalue weighted by Gasteiger charge is 2.25. The van der Waals surface area contributed by atoms with Gasteiger partial charge in [0, 0.05) is 0 Å². The first-order valence-corrected chi connectivity index (χ1v) is 6.46. The van der Waals surface area contributed by atoms with Gasteiger partial charge in [0.05, 0.1) is 0 Å². The average molecular weight is 286 g/mol. The standard InChI is InChI=1S/C13H19O.C3H7O.2H3N/c1-12(2,3)13(4,14)10-11-8-6-5-7-9-11;1-3(2)4;;/h5-9H,10H2,1-4H3;3H,1-2H3;2*1H3/q2*-1;;/p+2. The smallest absolute Gasteiger partial charge is 0.0373 e. The molecule has 0 saturated carbocycles. The molecule has 0 aliphatic carbocycles. The summed E-state index contributed by atoms with van der Waals surface area (Å²) in [6.07, 6.45) is 0.178. The molecule has 1 aromatic carbocycles. The van der Waals surface area contributed by atoms with E-state index < -0.39 is 11.7 Å². The summed E-state index contributed by atoms with van der Waals surface area (Å²) in [5, 5.41) is 21.8. The molecule has 0 spiro atoms. The molecule has 0 bridgehead atoms. The van der Waals surface area contributed by atoms with E-state index in [-0.39, 0.29) is 17.7 Å². The Morgan fingerprint density at radius 2 is 1.30 bits per heavy atom. The van der Waals surface area contributed by atoms with Crippen LogP contribution >= 0.6 is 0 Å². The van der Waals surface area contributed by atoms with Crippen molar-refractivity contribution in [1.29, 1.82) is 0 Å². The molecular weight excluding hydrogens is 252 g/mol. The molecule has 1 rings (SSSR count). The van der Waals surface area contributed by atoms with Gasteiger partial charge in [0.25, 0.3) is 0 Å². The molecule has 20 heavy (non-hydrogen) atoms. The van der Waals surface area contributed by atoms with Crippen molar-refractivity contribution in [3.05, 3.63) is 35.9 Å². The SMILES string of the molecule is CC(C)(C)C(C)([O-])Cc1ccccc1.CC(C)[O-].[NH4+].[NH4+]. The first-order chi connectivity index (χ1) is 8.06. The lowest BCUT2D eigenvalue weighted by Crippen LogP contribution is -2.53. The van der Waals surface area contributed by atoms with E-state index in [4.69, 9.17) is 0 Å². The van der Waals surface area contributed by atoms with Crippen molar-refractivity contribution in [1.82, 2.24) is 12.3 Å². The van der Waals surface area contributed by atoms with Gasteiger partial charge in [-0.3, -0.25) is 0 Å². The third-order valence-corrected chi connectivity index (χ3v) is 2.97. The monoisotopic (exact) mass is 286 g/mol. The predicted octanol–water partition coefficient (Wildman–Crippen LogP) is 2.90. The van der Waals surface area contributed by atoms with Crippen LogP contribution in [0.2, 0.25) is 0 Å². The van der Waals surface area contributed by atoms with Crippen LogP contribution in [0, 0.1) is 5.41 Å². The Labute approximate surface area is 124 Å². The molecule has 0 fully saturated rings. The second kappa shape index (κ2) is 9.88. The highest BCUT2D eigenvalue weighted by Crippen LogP contribution is 2.30. The van der Waals surface area contributed by atoms with Gasteiger partial charge in [-0.05, 0) is 17.4 Å². The van der Waals surface area contributed by atoms with Crippen molar-refractivity contribution in [2.45, 2.75) is 59.7 Å². The summed E-state index contributed by atoms with van der Waals surface area (Å²) in [5.41, 5.74) is 0.0110. The van der Waals surface area contributed by atoms with E-state index in [2.05, 4.69) is 0 Å². The van der Waals surface area contributed by atoms with Gasteiger partial charge in [-0.1, -0.05) is 71.9 Å². The van der Waals surface area contributed by atoms with Gasteiger partial charge in [-0.2, -0.15) is 0 Å². The lowest BCUT2D eigenvalue weighted by molar-refractivity contribution is -0.497. The summed E-state index contributed by atoms with van der Waals surface area (Å²) in [4.78, 5) is 0. The summed E-state index contributed by atoms with van der Waals surface area (Å²) in [6.45, 7) is 11.0. The quantitative estimate of drug-likeness (QED) is 0.869. The van der Waals surface area contributed by atoms with Gasteiger partial charge >= 0.3 is 0 Å². The maximum absolute atomic E-state index is 12.3. The maximum atomic E-state index is 12.3. The normalized spacial score (nSPS) is 13.2. The highest BCUT2D eigenvalue weighted by molar-refractivity contribution is 5.17. The fourth-order valence-corrected chi connectivity index (χ4v) is 1.25. The number of hydrogen-bond donors (Lipinski definition) is 2. The highest BCUT2D eigenvalue weighted by atomic mass is 16.3. The van der Waals surface area contributed by atoms with Gasteiger partial charge in [0.1, 0.15) is 0 Å². The van der Waals surface area contributed by atoms with Crippen molar-refractivity contribution in [3.63, 3.8) is 0 Å². The number of quaternary nitrogens is 2. The fraction of sp³-hybridized carbons (Fsp3) is 0.625. The van der Waals surface area contributed by atoms with Gasteiger partial charge in [-0.25, -0.2) is 0 Å². The molecule has 0 radical (unpaired) electrons. The zero-order chi connectivity index (χ0) is 14.4. The van der Waals surface area contributed by atoms with Gasteiger partial charge in [0.2, 0.25) is 0 Å². The molecule has 0 aliphatic rings. The average Bonchev–Trinajstić information content (AvgIpc) is 2.15. The molecule has 4 heteroatoms. The molecule has 1 atom stereocenters. The van der Waals surface area contributed by atoms with Crippen molar-refractivity contribution in [3.8, 4) is 0 Å². The molecule has 1 aromatic rings. The van der Waals surface area contributed by atoms with Crippen molar-refractivity contribution in [2.75, 3.05) is 0 Å². The molecule has 8 N–H and O–H groups in total. The van der Waals surface area contributed by atoms with Gasteiger partial charge < -0.3 is 22.5 Å². The molecule has 0 aliphatic heterocycles. The molecule has 0 heterocycles. The van der Waals surface area contributed by atoms with Crippen LogP contribution in [0.1, 0.15) is 47.1 Å². The van der Waals surface area contributed by atoms with Crippen LogP contribution in [0.3, 0.4) is 0 Å². The van der Waals surface area contributed by atoms with Crippen molar-refractivity contribution < 1.29 is 10.2 Å². The van der Waals surface area contributed by atoms with Crippen LogP contribution < -0.4 is 22.5 Å². The first kappa shape index (κ1) is 24.1. The minimum atomic E-state index is -0.908. The van der Waals surface area contributed by atoms with E-state index in [0.29, 0.717) is 6.42 Å². The molecular formula is C16H34N2O2. The first-order valence-electron chi connectivity index (χ1n) is 6.46. The van der Waals surface area contributed by atoms with E-state index in [9.17, 15) is 10.2 Å². The van der Waals surface area contributed by atoms with E-state index >= 15 is 0 Å². The third-order valence-electron chi connectivity index (χ3n) is 2.97. The van der Waals surface area contributed by atoms with Crippen LogP contribution in [0.15, 0.2) is 30.3 Å². The van der Waals surface area contributed by atoms with Gasteiger partial charge in [0.15, 0.2) is 0 Å². The Morgan fingerprint density at radius 1 is 0.950 bits per heavy atom. The molecule has 1 unspecified atom stereocenters. The van der Waals surface area contributed by atoms with Gasteiger partial charge in [-0.15, -0.1) is 11.7 Å². The predicted molar refractivity (Wildman–Crippen MR) is 85.1 cm³/mol. The van der Waals surface area contributed by atoms with E-state index in [1.165, 1.54) is 0 Å². The topological polar surface area (TPSA) is 119 Å². The van der Waals surface area contributed by atoms with E-state index in [0.717, 1.165) is 5.56 Å². The minimum Gasteiger partial charge on any atom is -0.852 e. The Bertz CT molecular complexity index is 327. The molecule has 0 amide bonds. The van der Waals surface area contributed by atoms with Crippen LogP contribution in [0.4, 0.5) is 0 Å². The maximum Gasteiger partial charge on any atom is -0.0373 e. The number of rotatable bonds is 2. The Balaban J connectivity index is -0.000000429. The van der Waals surface area contributed by atoms with E-state index in [1.54, 1.807) is 20.8 Å². The fourth-order valence-electron chi connectivity index (χ4n) is 1.25. The number of benzene rings is 1. The van der Waals surface area contributed by atoms with Crippen molar-refractivity contribution >= 4 is 0 Å². The van der Waals surface area contributed by atoms with Crippen LogP contribution in [0.5, 0.6) is 0 Å². The summed E-state index contributed by atoms with van der Waals surface area (Å²) >= 11 is 0. The summed E-state index contributed by atoms with van der Waals surface area (Å²) in [7, 11) is 0. The van der Waals surface area contributed by atoms with Crippen LogP contribution in [0.25, 0.3) is 0 Å². The Kier molecular flexibility index (Phi) is 11.9. The lowest BCUT2D eigenvalue weighted by Gasteiger charge is -2.49. The lowest BCUT2D eigenvalue weighted by atomic mass is 9.74. The summed E-state index contributed by atoms with van der Waals surface area (Å²) in [6, 6.07) is 9.97. The minimum absolute atomic E-state index is 0. The zero-order valence-corrected chi connectivity index (χ0v) is 14.5. The third kappa shape index (κ3) is 9.92.